The molecule has 1 aromatic rings. The Morgan fingerprint density at radius 1 is 1.45 bits per heavy atom. The lowest BCUT2D eigenvalue weighted by molar-refractivity contribution is -0.129. The van der Waals surface area contributed by atoms with E-state index in [-0.39, 0.29) is 17.8 Å². The Labute approximate surface area is 118 Å². The van der Waals surface area contributed by atoms with Crippen LogP contribution in [-0.4, -0.2) is 47.0 Å². The van der Waals surface area contributed by atoms with Crippen molar-refractivity contribution >= 4 is 11.7 Å². The van der Waals surface area contributed by atoms with Gasteiger partial charge in [0.1, 0.15) is 6.33 Å². The number of carbonyl (C=O) groups excluding carboxylic acids is 1. The Kier molecular flexibility index (Phi) is 4.52. The van der Waals surface area contributed by atoms with Crippen LogP contribution < -0.4 is 4.90 Å². The quantitative estimate of drug-likeness (QED) is 0.844. The van der Waals surface area contributed by atoms with Crippen LogP contribution in [0.3, 0.4) is 0 Å². The fourth-order valence-electron chi connectivity index (χ4n) is 2.58. The van der Waals surface area contributed by atoms with Crippen molar-refractivity contribution in [3.05, 3.63) is 17.8 Å². The van der Waals surface area contributed by atoms with E-state index in [0.717, 1.165) is 12.8 Å². The summed E-state index contributed by atoms with van der Waals surface area (Å²) < 4.78 is 14.2. The van der Waals surface area contributed by atoms with Crippen molar-refractivity contribution in [1.82, 2.24) is 14.9 Å². The Morgan fingerprint density at radius 2 is 2.10 bits per heavy atom. The van der Waals surface area contributed by atoms with Crippen LogP contribution >= 0.6 is 0 Å². The molecule has 0 saturated carbocycles. The van der Waals surface area contributed by atoms with Gasteiger partial charge < -0.3 is 9.80 Å². The molecular weight excluding hydrogens is 259 g/mol. The first-order valence-corrected chi connectivity index (χ1v) is 7.02. The van der Waals surface area contributed by atoms with Crippen LogP contribution in [0.2, 0.25) is 0 Å². The lowest BCUT2D eigenvalue weighted by atomic mass is 10.0. The zero-order valence-electron chi connectivity index (χ0n) is 12.3. The fraction of sp³-hybridized carbons (Fsp3) is 0.643. The molecule has 0 atom stereocenters. The highest BCUT2D eigenvalue weighted by Crippen LogP contribution is 2.23. The van der Waals surface area contributed by atoms with Gasteiger partial charge in [-0.05, 0) is 19.3 Å². The van der Waals surface area contributed by atoms with Crippen LogP contribution in [0, 0.1) is 5.82 Å². The van der Waals surface area contributed by atoms with Crippen molar-refractivity contribution < 1.29 is 9.18 Å². The Hall–Kier alpha value is -1.72. The van der Waals surface area contributed by atoms with Gasteiger partial charge in [0.2, 0.25) is 5.91 Å². The number of aryl methyl sites for hydroxylation is 1. The van der Waals surface area contributed by atoms with E-state index in [4.69, 9.17) is 0 Å². The molecule has 1 fully saturated rings. The Balaban J connectivity index is 2.06. The predicted molar refractivity (Wildman–Crippen MR) is 75.0 cm³/mol. The fourth-order valence-corrected chi connectivity index (χ4v) is 2.58. The second-order valence-corrected chi connectivity index (χ2v) is 5.16. The number of hydrogen-bond acceptors (Lipinski definition) is 4. The largest absolute Gasteiger partial charge is 0.354 e. The number of hydrogen-bond donors (Lipinski definition) is 0. The molecule has 2 heterocycles. The minimum atomic E-state index is -0.312. The number of nitrogens with zero attached hydrogens (tertiary/aromatic N) is 4. The van der Waals surface area contributed by atoms with Gasteiger partial charge in [0, 0.05) is 33.1 Å². The van der Waals surface area contributed by atoms with Crippen molar-refractivity contribution in [2.45, 2.75) is 39.2 Å². The molecule has 1 aliphatic heterocycles. The summed E-state index contributed by atoms with van der Waals surface area (Å²) in [5.41, 5.74) is 0.456. The molecule has 1 saturated heterocycles. The summed E-state index contributed by atoms with van der Waals surface area (Å²) in [4.78, 5) is 23.1. The first-order chi connectivity index (χ1) is 9.54. The first kappa shape index (κ1) is 14.7. The van der Waals surface area contributed by atoms with Crippen molar-refractivity contribution in [2.24, 2.45) is 0 Å². The van der Waals surface area contributed by atoms with E-state index in [2.05, 4.69) is 9.97 Å². The van der Waals surface area contributed by atoms with E-state index in [9.17, 15) is 9.18 Å². The maximum Gasteiger partial charge on any atom is 0.219 e. The number of halogens is 1. The molecule has 2 rings (SSSR count). The molecule has 1 aromatic heterocycles. The van der Waals surface area contributed by atoms with Crippen LogP contribution in [0.15, 0.2) is 6.33 Å². The van der Waals surface area contributed by atoms with Crippen molar-refractivity contribution in [3.63, 3.8) is 0 Å². The lowest BCUT2D eigenvalue weighted by Gasteiger charge is -2.37. The third kappa shape index (κ3) is 2.89. The Morgan fingerprint density at radius 3 is 2.65 bits per heavy atom. The van der Waals surface area contributed by atoms with E-state index < -0.39 is 0 Å². The third-order valence-corrected chi connectivity index (χ3v) is 3.99. The minimum absolute atomic E-state index is 0.0740. The van der Waals surface area contributed by atoms with Crippen LogP contribution in [0.5, 0.6) is 0 Å². The van der Waals surface area contributed by atoms with E-state index in [1.165, 1.54) is 6.33 Å². The van der Waals surface area contributed by atoms with Crippen LogP contribution in [0.1, 0.15) is 32.4 Å². The van der Waals surface area contributed by atoms with Crippen molar-refractivity contribution in [2.75, 3.05) is 25.0 Å². The number of amides is 1. The predicted octanol–water partition coefficient (Wildman–Crippen LogP) is 1.63. The first-order valence-electron chi connectivity index (χ1n) is 7.02. The average molecular weight is 280 g/mol. The molecular formula is C14H21FN4O. The van der Waals surface area contributed by atoms with Gasteiger partial charge in [-0.3, -0.25) is 4.79 Å². The normalized spacial score (nSPS) is 16.3. The summed E-state index contributed by atoms with van der Waals surface area (Å²) in [5.74, 6) is 0.152. The van der Waals surface area contributed by atoms with Crippen molar-refractivity contribution in [1.29, 1.82) is 0 Å². The van der Waals surface area contributed by atoms with Gasteiger partial charge in [0.15, 0.2) is 11.6 Å². The standard InChI is InChI=1S/C14H21FN4O/c1-4-12-13(15)14(17-9-16-12)19-7-5-11(6-8-19)18(3)10(2)20/h9,11H,4-8H2,1-3H3. The zero-order chi connectivity index (χ0) is 14.7. The van der Waals surface area contributed by atoms with Gasteiger partial charge in [-0.25, -0.2) is 14.4 Å². The number of aromatic nitrogens is 2. The van der Waals surface area contributed by atoms with Gasteiger partial charge in [-0.2, -0.15) is 0 Å². The molecule has 0 N–H and O–H groups in total. The summed E-state index contributed by atoms with van der Waals surface area (Å²) in [7, 11) is 1.82. The van der Waals surface area contributed by atoms with Gasteiger partial charge >= 0.3 is 0 Å². The monoisotopic (exact) mass is 280 g/mol. The molecule has 6 heteroatoms. The van der Waals surface area contributed by atoms with Crippen LogP contribution in [0.4, 0.5) is 10.2 Å². The smallest absolute Gasteiger partial charge is 0.219 e. The second-order valence-electron chi connectivity index (χ2n) is 5.16. The SMILES string of the molecule is CCc1ncnc(N2CCC(N(C)C(C)=O)CC2)c1F. The summed E-state index contributed by atoms with van der Waals surface area (Å²) >= 11 is 0. The summed E-state index contributed by atoms with van der Waals surface area (Å²) in [6.45, 7) is 4.87. The molecule has 0 spiro atoms. The highest BCUT2D eigenvalue weighted by molar-refractivity contribution is 5.73. The maximum atomic E-state index is 14.2. The highest BCUT2D eigenvalue weighted by Gasteiger charge is 2.26. The molecule has 0 bridgehead atoms. The van der Waals surface area contributed by atoms with Crippen LogP contribution in [-0.2, 0) is 11.2 Å². The third-order valence-electron chi connectivity index (χ3n) is 3.99. The van der Waals surface area contributed by atoms with Crippen molar-refractivity contribution in [3.8, 4) is 0 Å². The molecule has 1 amide bonds. The van der Waals surface area contributed by atoms with Gasteiger partial charge in [0.05, 0.1) is 5.69 Å². The molecule has 0 aromatic carbocycles. The second kappa shape index (κ2) is 6.15. The number of rotatable bonds is 3. The maximum absolute atomic E-state index is 14.2. The topological polar surface area (TPSA) is 49.3 Å². The summed E-state index contributed by atoms with van der Waals surface area (Å²) in [6.07, 6.45) is 3.65. The summed E-state index contributed by atoms with van der Waals surface area (Å²) in [5, 5.41) is 0. The minimum Gasteiger partial charge on any atom is -0.354 e. The van der Waals surface area contributed by atoms with Gasteiger partial charge in [-0.15, -0.1) is 0 Å². The molecule has 5 nitrogen and oxygen atoms in total. The van der Waals surface area contributed by atoms with Gasteiger partial charge in [0.25, 0.3) is 0 Å². The molecule has 0 unspecified atom stereocenters. The van der Waals surface area contributed by atoms with E-state index in [0.29, 0.717) is 31.0 Å². The highest BCUT2D eigenvalue weighted by atomic mass is 19.1. The average Bonchev–Trinajstić information content (AvgIpc) is 2.47. The van der Waals surface area contributed by atoms with Crippen LogP contribution in [0.25, 0.3) is 0 Å². The van der Waals surface area contributed by atoms with Gasteiger partial charge in [-0.1, -0.05) is 6.92 Å². The zero-order valence-corrected chi connectivity index (χ0v) is 12.3. The molecule has 0 radical (unpaired) electrons. The molecule has 20 heavy (non-hydrogen) atoms. The van der Waals surface area contributed by atoms with E-state index >= 15 is 0 Å². The molecule has 110 valence electrons. The van der Waals surface area contributed by atoms with E-state index in [1.807, 2.05) is 18.9 Å². The summed E-state index contributed by atoms with van der Waals surface area (Å²) in [6, 6.07) is 0.235. The Bertz CT molecular complexity index is 486. The molecule has 0 aliphatic carbocycles. The molecule has 1 aliphatic rings. The lowest BCUT2D eigenvalue weighted by Crippen LogP contribution is -2.45. The number of carbonyl (C=O) groups is 1. The number of anilines is 1. The van der Waals surface area contributed by atoms with E-state index in [1.54, 1.807) is 11.8 Å². The number of piperidine rings is 1.